The molecule has 4 atom stereocenters. The fourth-order valence-electron chi connectivity index (χ4n) is 2.79. The molecule has 2 aliphatic heterocycles. The van der Waals surface area contributed by atoms with Crippen molar-refractivity contribution in [3.8, 4) is 0 Å². The van der Waals surface area contributed by atoms with Gasteiger partial charge in [-0.2, -0.15) is 5.10 Å². The van der Waals surface area contributed by atoms with Gasteiger partial charge < -0.3 is 24.7 Å². The Morgan fingerprint density at radius 1 is 1.60 bits per heavy atom. The molecule has 2 unspecified atom stereocenters. The summed E-state index contributed by atoms with van der Waals surface area (Å²) >= 11 is 0. The number of rotatable bonds is 2. The maximum atomic E-state index is 11.6. The first kappa shape index (κ1) is 12.0. The van der Waals surface area contributed by atoms with E-state index in [1.54, 1.807) is 0 Å². The molecule has 0 amide bonds. The summed E-state index contributed by atoms with van der Waals surface area (Å²) in [6, 6.07) is 0. The Kier molecular flexibility index (Phi) is 2.31. The molecule has 9 nitrogen and oxygen atoms in total. The second-order valence-electron chi connectivity index (χ2n) is 5.01. The standard InChI is InChI=1S/C11H12N4O5/c16-2-11-3-19-6(7(11)17)10(20-11)15-8-5(1-14-15)9(18)13-4-12-8/h1,4,6-7,10,16-17H,2-3H2,(H,12,13,18)/t6?,7?,10-,11+/m1/s1. The number of H-pyrrole nitrogens is 1. The highest BCUT2D eigenvalue weighted by molar-refractivity contribution is 5.72. The van der Waals surface area contributed by atoms with E-state index in [2.05, 4.69) is 15.1 Å². The smallest absolute Gasteiger partial charge is 0.261 e. The van der Waals surface area contributed by atoms with Gasteiger partial charge in [0.05, 0.1) is 25.7 Å². The van der Waals surface area contributed by atoms with Crippen molar-refractivity contribution in [3.05, 3.63) is 22.9 Å². The van der Waals surface area contributed by atoms with E-state index in [9.17, 15) is 15.0 Å². The van der Waals surface area contributed by atoms with Gasteiger partial charge in [-0.15, -0.1) is 0 Å². The normalized spacial score (nSPS) is 36.0. The summed E-state index contributed by atoms with van der Waals surface area (Å²) in [7, 11) is 0. The zero-order valence-electron chi connectivity index (χ0n) is 10.3. The van der Waals surface area contributed by atoms with Gasteiger partial charge in [-0.1, -0.05) is 0 Å². The number of aliphatic hydroxyl groups is 2. The molecule has 0 aromatic carbocycles. The summed E-state index contributed by atoms with van der Waals surface area (Å²) < 4.78 is 12.6. The van der Waals surface area contributed by atoms with Gasteiger partial charge >= 0.3 is 0 Å². The van der Waals surface area contributed by atoms with Gasteiger partial charge in [-0.25, -0.2) is 9.67 Å². The lowest BCUT2D eigenvalue weighted by atomic mass is 10.0. The van der Waals surface area contributed by atoms with Gasteiger partial charge in [0.15, 0.2) is 11.9 Å². The van der Waals surface area contributed by atoms with E-state index in [1.807, 2.05) is 0 Å². The summed E-state index contributed by atoms with van der Waals surface area (Å²) in [6.07, 6.45) is 0.340. The van der Waals surface area contributed by atoms with Gasteiger partial charge in [0.2, 0.25) is 0 Å². The van der Waals surface area contributed by atoms with Crippen LogP contribution in [-0.4, -0.2) is 61.0 Å². The van der Waals surface area contributed by atoms with Crippen molar-refractivity contribution in [2.24, 2.45) is 0 Å². The largest absolute Gasteiger partial charge is 0.393 e. The maximum absolute atomic E-state index is 11.6. The number of fused-ring (bicyclic) bond motifs is 3. The van der Waals surface area contributed by atoms with E-state index < -0.39 is 24.0 Å². The SMILES string of the molecule is O=c1[nH]cnc2c1cnn2[C@@H]1O[C@@]2(CO)COC1C2O. The Morgan fingerprint density at radius 2 is 2.45 bits per heavy atom. The minimum atomic E-state index is -1.13. The molecular formula is C11H12N4O5. The quantitative estimate of drug-likeness (QED) is 0.589. The fraction of sp³-hybridized carbons (Fsp3) is 0.545. The molecule has 2 fully saturated rings. The third-order valence-corrected chi connectivity index (χ3v) is 3.91. The molecule has 4 heterocycles. The van der Waals surface area contributed by atoms with Gasteiger partial charge in [-0.3, -0.25) is 4.79 Å². The zero-order chi connectivity index (χ0) is 13.9. The molecule has 2 bridgehead atoms. The fourth-order valence-corrected chi connectivity index (χ4v) is 2.79. The Morgan fingerprint density at radius 3 is 3.20 bits per heavy atom. The molecule has 0 aliphatic carbocycles. The highest BCUT2D eigenvalue weighted by Crippen LogP contribution is 2.44. The molecule has 2 aromatic rings. The van der Waals surface area contributed by atoms with Crippen LogP contribution in [-0.2, 0) is 9.47 Å². The van der Waals surface area contributed by atoms with Crippen molar-refractivity contribution < 1.29 is 19.7 Å². The number of nitrogens with zero attached hydrogens (tertiary/aromatic N) is 3. The van der Waals surface area contributed by atoms with Gasteiger partial charge in [0.1, 0.15) is 23.2 Å². The Bertz CT molecular complexity index is 727. The van der Waals surface area contributed by atoms with Crippen LogP contribution < -0.4 is 5.56 Å². The van der Waals surface area contributed by atoms with E-state index in [0.717, 1.165) is 0 Å². The Labute approximate surface area is 111 Å². The van der Waals surface area contributed by atoms with Crippen LogP contribution in [0.5, 0.6) is 0 Å². The molecule has 20 heavy (non-hydrogen) atoms. The van der Waals surface area contributed by atoms with Crippen molar-refractivity contribution in [3.63, 3.8) is 0 Å². The number of nitrogens with one attached hydrogen (secondary N) is 1. The summed E-state index contributed by atoms with van der Waals surface area (Å²) in [6.45, 7) is -0.229. The lowest BCUT2D eigenvalue weighted by Gasteiger charge is -2.28. The lowest BCUT2D eigenvalue weighted by molar-refractivity contribution is -0.188. The zero-order valence-corrected chi connectivity index (χ0v) is 10.3. The molecule has 0 saturated carbocycles. The highest BCUT2D eigenvalue weighted by atomic mass is 16.7. The van der Waals surface area contributed by atoms with Crippen molar-refractivity contribution >= 4 is 11.0 Å². The molecule has 2 saturated heterocycles. The molecule has 4 rings (SSSR count). The van der Waals surface area contributed by atoms with E-state index in [0.29, 0.717) is 11.0 Å². The molecule has 0 radical (unpaired) electrons. The second kappa shape index (κ2) is 3.85. The average molecular weight is 280 g/mol. The summed E-state index contributed by atoms with van der Waals surface area (Å²) in [5.41, 5.74) is -1.09. The van der Waals surface area contributed by atoms with Gasteiger partial charge in [0, 0.05) is 0 Å². The molecule has 9 heteroatoms. The summed E-state index contributed by atoms with van der Waals surface area (Å²) in [5, 5.41) is 24.0. The van der Waals surface area contributed by atoms with Crippen LogP contribution in [0.4, 0.5) is 0 Å². The van der Waals surface area contributed by atoms with Crippen LogP contribution >= 0.6 is 0 Å². The van der Waals surface area contributed by atoms with E-state index >= 15 is 0 Å². The summed E-state index contributed by atoms with van der Waals surface area (Å²) in [5.74, 6) is 0. The van der Waals surface area contributed by atoms with E-state index in [1.165, 1.54) is 17.2 Å². The molecule has 106 valence electrons. The lowest BCUT2D eigenvalue weighted by Crippen LogP contribution is -2.44. The van der Waals surface area contributed by atoms with Crippen LogP contribution in [0.25, 0.3) is 11.0 Å². The van der Waals surface area contributed by atoms with Crippen LogP contribution in [0.1, 0.15) is 6.23 Å². The van der Waals surface area contributed by atoms with Crippen molar-refractivity contribution in [2.45, 2.75) is 24.0 Å². The monoisotopic (exact) mass is 280 g/mol. The third-order valence-electron chi connectivity index (χ3n) is 3.91. The number of aliphatic hydroxyl groups excluding tert-OH is 2. The van der Waals surface area contributed by atoms with Gasteiger partial charge in [-0.05, 0) is 0 Å². The predicted octanol–water partition coefficient (Wildman–Crippen LogP) is -1.86. The summed E-state index contributed by atoms with van der Waals surface area (Å²) in [4.78, 5) is 18.2. The van der Waals surface area contributed by atoms with E-state index in [-0.39, 0.29) is 18.8 Å². The number of aromatic nitrogens is 4. The van der Waals surface area contributed by atoms with Gasteiger partial charge in [0.25, 0.3) is 5.56 Å². The molecule has 3 N–H and O–H groups in total. The second-order valence-corrected chi connectivity index (χ2v) is 5.01. The number of aromatic amines is 1. The first-order chi connectivity index (χ1) is 9.66. The van der Waals surface area contributed by atoms with Crippen molar-refractivity contribution in [1.82, 2.24) is 19.7 Å². The van der Waals surface area contributed by atoms with Crippen LogP contribution in [0.3, 0.4) is 0 Å². The highest BCUT2D eigenvalue weighted by Gasteiger charge is 2.62. The van der Waals surface area contributed by atoms with Crippen LogP contribution in [0.15, 0.2) is 17.3 Å². The molecular weight excluding hydrogens is 268 g/mol. The van der Waals surface area contributed by atoms with E-state index in [4.69, 9.17) is 9.47 Å². The molecule has 0 spiro atoms. The predicted molar refractivity (Wildman–Crippen MR) is 63.8 cm³/mol. The minimum Gasteiger partial charge on any atom is -0.393 e. The minimum absolute atomic E-state index is 0.124. The Balaban J connectivity index is 1.82. The number of hydrogen-bond donors (Lipinski definition) is 3. The first-order valence-electron chi connectivity index (χ1n) is 6.15. The molecule has 2 aromatic heterocycles. The van der Waals surface area contributed by atoms with Crippen molar-refractivity contribution in [1.29, 1.82) is 0 Å². The van der Waals surface area contributed by atoms with Crippen LogP contribution in [0.2, 0.25) is 0 Å². The third kappa shape index (κ3) is 1.32. The topological polar surface area (TPSA) is 122 Å². The molecule has 2 aliphatic rings. The van der Waals surface area contributed by atoms with Crippen molar-refractivity contribution in [2.75, 3.05) is 13.2 Å². The number of hydrogen-bond acceptors (Lipinski definition) is 7. The number of ether oxygens (including phenoxy) is 2. The Hall–Kier alpha value is -1.81. The average Bonchev–Trinajstić information content (AvgIpc) is 3.10. The first-order valence-corrected chi connectivity index (χ1v) is 6.15. The maximum Gasteiger partial charge on any atom is 0.261 e. The van der Waals surface area contributed by atoms with Crippen LogP contribution in [0, 0.1) is 0 Å².